The molecule has 0 rings (SSSR count). The van der Waals surface area contributed by atoms with Gasteiger partial charge < -0.3 is 8.32 Å². The summed E-state index contributed by atoms with van der Waals surface area (Å²) in [6, 6.07) is 0. The highest BCUT2D eigenvalue weighted by atomic mass is 27.2. The van der Waals surface area contributed by atoms with Crippen molar-refractivity contribution >= 4 is 38.9 Å². The highest BCUT2D eigenvalue weighted by Crippen LogP contribution is 1.08. The van der Waals surface area contributed by atoms with Crippen LogP contribution in [-0.4, -0.2) is 47.3 Å². The molecule has 0 aromatic rings. The first-order valence-electron chi connectivity index (χ1n) is 0.632. The van der Waals surface area contributed by atoms with Gasteiger partial charge in [-0.3, -0.25) is 0 Å². The molecule has 4 heteroatoms. The lowest BCUT2D eigenvalue weighted by molar-refractivity contribution is 0.448. The van der Waals surface area contributed by atoms with Gasteiger partial charge in [-0.05, 0) is 0 Å². The van der Waals surface area contributed by atoms with Crippen molar-refractivity contribution in [1.29, 1.82) is 0 Å². The molecule has 0 aliphatic carbocycles. The van der Waals surface area contributed by atoms with Crippen LogP contribution in [0.4, 0.5) is 0 Å². The number of rotatable bonds is 0. The molecule has 22 valence electrons. The molecule has 4 heavy (non-hydrogen) atoms. The van der Waals surface area contributed by atoms with Gasteiger partial charge in [0.2, 0.25) is 0 Å². The van der Waals surface area contributed by atoms with Crippen molar-refractivity contribution in [2.75, 3.05) is 0 Å². The largest absolute Gasteiger partial charge is 0.644 e. The van der Waals surface area contributed by atoms with Crippen molar-refractivity contribution in [3.63, 3.8) is 0 Å². The summed E-state index contributed by atoms with van der Waals surface area (Å²) in [5.41, 5.74) is 0. The highest BCUT2D eigenvalue weighted by molar-refractivity contribution is 6.13. The van der Waals surface area contributed by atoms with Crippen LogP contribution in [0, 0.1) is 0 Å². The molecule has 0 fully saturated rings. The topological polar surface area (TPSA) is 40.5 Å². The average Bonchev–Trinajstić information content (AvgIpc) is 0.918. The molecule has 0 spiro atoms. The highest BCUT2D eigenvalue weighted by Gasteiger charge is 1.60. The molecule has 0 saturated carbocycles. The zero-order chi connectivity index (χ0) is 2.71. The summed E-state index contributed by atoms with van der Waals surface area (Å²) in [5.74, 6) is 0. The van der Waals surface area contributed by atoms with Crippen LogP contribution in [0.5, 0.6) is 0 Å². The second kappa shape index (κ2) is 8.88. The van der Waals surface area contributed by atoms with Crippen molar-refractivity contribution in [3.05, 3.63) is 0 Å². The lowest BCUT2D eigenvalue weighted by Gasteiger charge is -1.45. The van der Waals surface area contributed by atoms with Crippen molar-refractivity contribution in [2.45, 2.75) is 0 Å². The zero-order valence-corrected chi connectivity index (χ0v) is 3.02. The smallest absolute Gasteiger partial charge is 0.496 e. The third-order valence-corrected chi connectivity index (χ3v) is 0. The van der Waals surface area contributed by atoms with Gasteiger partial charge in [0.1, 0.15) is 0 Å². The molecule has 0 amide bonds. The fourth-order valence-corrected chi connectivity index (χ4v) is 0. The van der Waals surface area contributed by atoms with Gasteiger partial charge in [0, 0.05) is 0 Å². The SMILES string of the molecule is [MgH2].[OH][AlH][OH]. The first-order valence-corrected chi connectivity index (χ1v) is 1.90. The van der Waals surface area contributed by atoms with Crippen LogP contribution < -0.4 is 0 Å². The molecule has 0 saturated heterocycles. The minimum absolute atomic E-state index is 0. The van der Waals surface area contributed by atoms with E-state index in [0.717, 1.165) is 0 Å². The molecule has 0 aromatic heterocycles. The molecule has 2 N–H and O–H groups in total. The summed E-state index contributed by atoms with van der Waals surface area (Å²) in [6.07, 6.45) is 0. The van der Waals surface area contributed by atoms with Gasteiger partial charge >= 0.3 is 38.9 Å². The molecule has 0 atom stereocenters. The van der Waals surface area contributed by atoms with Crippen molar-refractivity contribution in [2.24, 2.45) is 0 Å². The van der Waals surface area contributed by atoms with Crippen LogP contribution in [0.25, 0.3) is 0 Å². The Labute approximate surface area is 47.4 Å². The summed E-state index contributed by atoms with van der Waals surface area (Å²) in [7, 11) is 0. The normalized spacial score (nSPS) is 3.50. The van der Waals surface area contributed by atoms with E-state index in [-0.39, 0.29) is 23.1 Å². The lowest BCUT2D eigenvalue weighted by Crippen LogP contribution is -1.75. The Morgan fingerprint density at radius 3 is 1.25 bits per heavy atom. The van der Waals surface area contributed by atoms with Gasteiger partial charge in [0.05, 0.1) is 0 Å². The molecule has 0 aliphatic rings. The van der Waals surface area contributed by atoms with Crippen LogP contribution in [0.2, 0.25) is 0 Å². The molecular formula is H5AlMgO2. The minimum atomic E-state index is -1.58. The van der Waals surface area contributed by atoms with Gasteiger partial charge in [-0.15, -0.1) is 0 Å². The Bertz CT molecular complexity index is 6.00. The Morgan fingerprint density at radius 1 is 1.25 bits per heavy atom. The van der Waals surface area contributed by atoms with Gasteiger partial charge in [0.25, 0.3) is 0 Å². The summed E-state index contributed by atoms with van der Waals surface area (Å²) in [5, 5.41) is 0. The van der Waals surface area contributed by atoms with Gasteiger partial charge in [-0.25, -0.2) is 0 Å². The van der Waals surface area contributed by atoms with E-state index in [1.807, 2.05) is 0 Å². The van der Waals surface area contributed by atoms with Crippen molar-refractivity contribution in [3.8, 4) is 0 Å². The van der Waals surface area contributed by atoms with Crippen LogP contribution in [0.1, 0.15) is 0 Å². The maximum absolute atomic E-state index is 7.26. The van der Waals surface area contributed by atoms with E-state index in [9.17, 15) is 0 Å². The number of hydrogen-bond acceptors (Lipinski definition) is 2. The monoisotopic (exact) mass is 88.0 g/mol. The first-order chi connectivity index (χ1) is 1.41. The van der Waals surface area contributed by atoms with E-state index in [2.05, 4.69) is 0 Å². The molecule has 2 nitrogen and oxygen atoms in total. The van der Waals surface area contributed by atoms with Crippen LogP contribution in [0.3, 0.4) is 0 Å². The second-order valence-electron chi connectivity index (χ2n) is 0.141. The summed E-state index contributed by atoms with van der Waals surface area (Å²) < 4.78 is 14.5. The summed E-state index contributed by atoms with van der Waals surface area (Å²) >= 11 is -1.58. The predicted octanol–water partition coefficient (Wildman–Crippen LogP) is -2.68. The standard InChI is InChI=1S/Al.Mg.2H2O.3H/h;;2*1H2;;;/q+2;;;;;;/p-2. The average molecular weight is 88.3 g/mol. The van der Waals surface area contributed by atoms with Gasteiger partial charge in [-0.1, -0.05) is 0 Å². The van der Waals surface area contributed by atoms with E-state index in [4.69, 9.17) is 8.32 Å². The maximum Gasteiger partial charge on any atom is 0.644 e. The molecule has 0 radical (unpaired) electrons. The van der Waals surface area contributed by atoms with Crippen LogP contribution >= 0.6 is 0 Å². The van der Waals surface area contributed by atoms with Gasteiger partial charge in [0.15, 0.2) is 0 Å². The first kappa shape index (κ1) is 8.97. The third-order valence-electron chi connectivity index (χ3n) is 0. The fourth-order valence-electron chi connectivity index (χ4n) is 0. The molecular weight excluding hydrogens is 83.3 g/mol. The minimum Gasteiger partial charge on any atom is -0.496 e. The number of hydrogen-bond donors (Lipinski definition) is 2. The van der Waals surface area contributed by atoms with E-state index in [1.165, 1.54) is 0 Å². The molecule has 0 heterocycles. The Balaban J connectivity index is 0. The Kier molecular flexibility index (Phi) is 19.9. The summed E-state index contributed by atoms with van der Waals surface area (Å²) in [4.78, 5) is 0. The maximum atomic E-state index is 7.26. The summed E-state index contributed by atoms with van der Waals surface area (Å²) in [6.45, 7) is 0. The van der Waals surface area contributed by atoms with Crippen LogP contribution in [0.15, 0.2) is 0 Å². The zero-order valence-electron chi connectivity index (χ0n) is 1.60. The fraction of sp³-hybridized carbons (Fsp3) is 0. The lowest BCUT2D eigenvalue weighted by atomic mass is 15.8. The predicted molar refractivity (Wildman–Crippen MR) is 20.1 cm³/mol. The van der Waals surface area contributed by atoms with E-state index in [1.54, 1.807) is 0 Å². The quantitative estimate of drug-likeness (QED) is 0.317. The molecule has 0 aliphatic heterocycles. The second-order valence-corrected chi connectivity index (χ2v) is 0.424. The van der Waals surface area contributed by atoms with Crippen LogP contribution in [-0.2, 0) is 0 Å². The molecule has 0 unspecified atom stereocenters. The molecule has 0 bridgehead atoms. The van der Waals surface area contributed by atoms with E-state index < -0.39 is 15.9 Å². The van der Waals surface area contributed by atoms with E-state index >= 15 is 0 Å². The van der Waals surface area contributed by atoms with Crippen molar-refractivity contribution in [1.82, 2.24) is 0 Å². The Hall–Kier alpha value is 1.22. The molecule has 0 aromatic carbocycles. The van der Waals surface area contributed by atoms with E-state index in [0.29, 0.717) is 0 Å². The Morgan fingerprint density at radius 2 is 1.25 bits per heavy atom. The van der Waals surface area contributed by atoms with Crippen molar-refractivity contribution < 1.29 is 8.32 Å². The third kappa shape index (κ3) is 10.7. The van der Waals surface area contributed by atoms with Gasteiger partial charge in [-0.2, -0.15) is 0 Å².